The van der Waals surface area contributed by atoms with Gasteiger partial charge in [-0.05, 0) is 18.2 Å². The van der Waals surface area contributed by atoms with Crippen LogP contribution in [0.1, 0.15) is 5.56 Å². The lowest BCUT2D eigenvalue weighted by atomic mass is 10.1. The van der Waals surface area contributed by atoms with E-state index in [0.717, 1.165) is 18.2 Å². The van der Waals surface area contributed by atoms with Gasteiger partial charge in [-0.1, -0.05) is 30.4 Å². The first-order chi connectivity index (χ1) is 12.3. The van der Waals surface area contributed by atoms with Crippen molar-refractivity contribution in [2.75, 3.05) is 0 Å². The molecule has 0 saturated carbocycles. The van der Waals surface area contributed by atoms with Gasteiger partial charge in [0.1, 0.15) is 16.8 Å². The molecule has 2 aromatic carbocycles. The fourth-order valence-corrected chi connectivity index (χ4v) is 2.08. The summed E-state index contributed by atoms with van der Waals surface area (Å²) in [7, 11) is 0. The van der Waals surface area contributed by atoms with Crippen LogP contribution in [0.15, 0.2) is 48.0 Å². The van der Waals surface area contributed by atoms with Gasteiger partial charge in [-0.25, -0.2) is 0 Å². The van der Waals surface area contributed by atoms with Crippen LogP contribution in [0.25, 0.3) is 6.08 Å². The molecule has 0 spiro atoms. The van der Waals surface area contributed by atoms with Crippen LogP contribution in [-0.2, 0) is 0 Å². The SMILES string of the molecule is N#C/C(=C\c1ccccc1Oc1ccc([N+](=O)[O-])cc1[N+](=O)[O-])C(N)=S. The number of nitrogens with two attached hydrogens (primary N) is 1. The van der Waals surface area contributed by atoms with Crippen molar-refractivity contribution in [1.82, 2.24) is 0 Å². The van der Waals surface area contributed by atoms with Crippen molar-refractivity contribution >= 4 is 34.7 Å². The molecule has 0 unspecified atom stereocenters. The van der Waals surface area contributed by atoms with Gasteiger partial charge in [0, 0.05) is 11.6 Å². The van der Waals surface area contributed by atoms with Crippen molar-refractivity contribution in [3.63, 3.8) is 0 Å². The Bertz CT molecular complexity index is 981. The second-order valence-corrected chi connectivity index (χ2v) is 5.28. The van der Waals surface area contributed by atoms with E-state index >= 15 is 0 Å². The molecule has 2 N–H and O–H groups in total. The first-order valence-electron chi connectivity index (χ1n) is 6.94. The lowest BCUT2D eigenvalue weighted by Gasteiger charge is -2.09. The van der Waals surface area contributed by atoms with Gasteiger partial charge in [-0.2, -0.15) is 5.26 Å². The molecule has 26 heavy (non-hydrogen) atoms. The maximum atomic E-state index is 11.2. The Morgan fingerprint density at radius 3 is 2.42 bits per heavy atom. The van der Waals surface area contributed by atoms with Crippen LogP contribution in [0.2, 0.25) is 0 Å². The maximum absolute atomic E-state index is 11.2. The number of rotatable bonds is 6. The number of non-ortho nitro benzene ring substituents is 1. The standard InChI is InChI=1S/C16H10N4O5S/c17-9-11(16(18)26)7-10-3-1-2-4-14(10)25-15-6-5-12(19(21)22)8-13(15)20(23)24/h1-8H,(H2,18,26)/b11-7+. The zero-order valence-corrected chi connectivity index (χ0v) is 13.8. The fraction of sp³-hybridized carbons (Fsp3) is 0. The molecule has 0 heterocycles. The van der Waals surface area contributed by atoms with E-state index in [9.17, 15) is 20.2 Å². The van der Waals surface area contributed by atoms with Crippen LogP contribution in [-0.4, -0.2) is 14.8 Å². The highest BCUT2D eigenvalue weighted by atomic mass is 32.1. The van der Waals surface area contributed by atoms with Crippen molar-refractivity contribution < 1.29 is 14.6 Å². The number of benzene rings is 2. The molecule has 2 rings (SSSR count). The van der Waals surface area contributed by atoms with Gasteiger partial charge in [-0.15, -0.1) is 0 Å². The normalized spacial score (nSPS) is 10.7. The third-order valence-electron chi connectivity index (χ3n) is 3.17. The van der Waals surface area contributed by atoms with Gasteiger partial charge >= 0.3 is 5.69 Å². The zero-order chi connectivity index (χ0) is 19.3. The van der Waals surface area contributed by atoms with E-state index in [2.05, 4.69) is 0 Å². The highest BCUT2D eigenvalue weighted by Gasteiger charge is 2.21. The Balaban J connectivity index is 2.51. The zero-order valence-electron chi connectivity index (χ0n) is 13.0. The minimum Gasteiger partial charge on any atom is -0.449 e. The number of nitro benzene ring substituents is 2. The second-order valence-electron chi connectivity index (χ2n) is 4.84. The molecular weight excluding hydrogens is 360 g/mol. The monoisotopic (exact) mass is 370 g/mol. The summed E-state index contributed by atoms with van der Waals surface area (Å²) < 4.78 is 5.56. The summed E-state index contributed by atoms with van der Waals surface area (Å²) in [5, 5.41) is 31.1. The Morgan fingerprint density at radius 1 is 1.15 bits per heavy atom. The number of nitrogens with zero attached hydrogens (tertiary/aromatic N) is 3. The molecular formula is C16H10N4O5S. The van der Waals surface area contributed by atoms with Gasteiger partial charge in [0.2, 0.25) is 5.75 Å². The average molecular weight is 370 g/mol. The molecule has 0 amide bonds. The van der Waals surface area contributed by atoms with Crippen molar-refractivity contribution in [3.05, 3.63) is 73.8 Å². The highest BCUT2D eigenvalue weighted by Crippen LogP contribution is 2.36. The minimum atomic E-state index is -0.781. The molecule has 9 nitrogen and oxygen atoms in total. The number of nitriles is 1. The third kappa shape index (κ3) is 4.16. The molecule has 0 radical (unpaired) electrons. The highest BCUT2D eigenvalue weighted by molar-refractivity contribution is 7.80. The Kier molecular flexibility index (Phi) is 5.56. The molecule has 0 bridgehead atoms. The van der Waals surface area contributed by atoms with E-state index in [4.69, 9.17) is 28.0 Å². The Morgan fingerprint density at radius 2 is 1.85 bits per heavy atom. The predicted octanol–water partition coefficient (Wildman–Crippen LogP) is 3.49. The number of ether oxygens (including phenoxy) is 1. The van der Waals surface area contributed by atoms with Crippen LogP contribution >= 0.6 is 12.2 Å². The molecule has 130 valence electrons. The number of nitro groups is 2. The van der Waals surface area contributed by atoms with E-state index < -0.39 is 21.2 Å². The molecule has 0 aliphatic rings. The summed E-state index contributed by atoms with van der Waals surface area (Å²) >= 11 is 4.78. The van der Waals surface area contributed by atoms with Crippen LogP contribution < -0.4 is 10.5 Å². The minimum absolute atomic E-state index is 0.0363. The van der Waals surface area contributed by atoms with Crippen LogP contribution in [0, 0.1) is 31.6 Å². The molecule has 0 aliphatic carbocycles. The van der Waals surface area contributed by atoms with E-state index in [0.29, 0.717) is 5.56 Å². The van der Waals surface area contributed by atoms with Crippen LogP contribution in [0.3, 0.4) is 0 Å². The first-order valence-corrected chi connectivity index (χ1v) is 7.35. The van der Waals surface area contributed by atoms with E-state index in [1.165, 1.54) is 12.1 Å². The number of para-hydroxylation sites is 1. The summed E-state index contributed by atoms with van der Waals surface area (Å²) in [4.78, 5) is 20.4. The average Bonchev–Trinajstić information content (AvgIpc) is 2.60. The van der Waals surface area contributed by atoms with E-state index in [1.807, 2.05) is 6.07 Å². The van der Waals surface area contributed by atoms with Crippen molar-refractivity contribution in [1.29, 1.82) is 5.26 Å². The fourth-order valence-electron chi connectivity index (χ4n) is 1.97. The Hall–Kier alpha value is -3.84. The second kappa shape index (κ2) is 7.82. The van der Waals surface area contributed by atoms with E-state index in [-0.39, 0.29) is 22.1 Å². The van der Waals surface area contributed by atoms with Gasteiger partial charge in [0.05, 0.1) is 21.5 Å². The third-order valence-corrected chi connectivity index (χ3v) is 3.39. The number of hydrogen-bond acceptors (Lipinski definition) is 7. The Labute approximate surface area is 152 Å². The summed E-state index contributed by atoms with van der Waals surface area (Å²) in [6.45, 7) is 0. The van der Waals surface area contributed by atoms with Gasteiger partial charge in [0.15, 0.2) is 0 Å². The molecule has 0 aromatic heterocycles. The largest absolute Gasteiger partial charge is 0.449 e. The molecule has 0 atom stereocenters. The summed E-state index contributed by atoms with van der Waals surface area (Å²) in [5.41, 5.74) is 4.90. The number of thiocarbonyl (C=S) groups is 1. The van der Waals surface area contributed by atoms with Gasteiger partial charge in [0.25, 0.3) is 5.69 Å². The lowest BCUT2D eigenvalue weighted by Crippen LogP contribution is -2.09. The molecule has 10 heteroatoms. The molecule has 0 saturated heterocycles. The van der Waals surface area contributed by atoms with Crippen molar-refractivity contribution in [2.45, 2.75) is 0 Å². The molecule has 0 aliphatic heterocycles. The molecule has 2 aromatic rings. The van der Waals surface area contributed by atoms with Crippen LogP contribution in [0.5, 0.6) is 11.5 Å². The topological polar surface area (TPSA) is 145 Å². The number of hydrogen-bond donors (Lipinski definition) is 1. The maximum Gasteiger partial charge on any atom is 0.318 e. The smallest absolute Gasteiger partial charge is 0.318 e. The lowest BCUT2D eigenvalue weighted by molar-refractivity contribution is -0.394. The van der Waals surface area contributed by atoms with E-state index in [1.54, 1.807) is 18.2 Å². The van der Waals surface area contributed by atoms with Crippen molar-refractivity contribution in [2.24, 2.45) is 5.73 Å². The summed E-state index contributed by atoms with van der Waals surface area (Å²) in [6.07, 6.45) is 1.38. The van der Waals surface area contributed by atoms with Gasteiger partial charge in [-0.3, -0.25) is 20.2 Å². The van der Waals surface area contributed by atoms with Gasteiger partial charge < -0.3 is 10.5 Å². The summed E-state index contributed by atoms with van der Waals surface area (Å²) in [6, 6.07) is 11.3. The summed E-state index contributed by atoms with van der Waals surface area (Å²) in [5.74, 6) is 0.00346. The predicted molar refractivity (Wildman–Crippen MR) is 96.6 cm³/mol. The van der Waals surface area contributed by atoms with Crippen molar-refractivity contribution in [3.8, 4) is 17.6 Å². The first kappa shape index (κ1) is 18.5. The quantitative estimate of drug-likeness (QED) is 0.267. The van der Waals surface area contributed by atoms with Crippen LogP contribution in [0.4, 0.5) is 11.4 Å². The molecule has 0 fully saturated rings.